The molecule has 0 aliphatic carbocycles. The molecule has 1 aliphatic rings. The highest BCUT2D eigenvalue weighted by Crippen LogP contribution is 2.43. The third kappa shape index (κ3) is 7.82. The normalized spacial score (nSPS) is 14.1. The number of carbonyl (C=O) groups excluding carboxylic acids is 1. The number of nitrogens with one attached hydrogen (secondary N) is 1. The number of halogens is 3. The molecule has 1 atom stereocenters. The van der Waals surface area contributed by atoms with Crippen molar-refractivity contribution in [2.24, 2.45) is 5.92 Å². The summed E-state index contributed by atoms with van der Waals surface area (Å²) in [6.45, 7) is 9.12. The molecule has 1 fully saturated rings. The smallest absolute Gasteiger partial charge is 0.225 e. The second-order valence-electron chi connectivity index (χ2n) is 11.9. The van der Waals surface area contributed by atoms with Crippen molar-refractivity contribution in [2.45, 2.75) is 52.5 Å². The number of nitrogens with zero attached hydrogens (tertiary/aromatic N) is 4. The molecule has 0 saturated carbocycles. The second-order valence-corrected chi connectivity index (χ2v) is 11.9. The highest BCUT2D eigenvalue weighted by Gasteiger charge is 2.31. The highest BCUT2D eigenvalue weighted by molar-refractivity contribution is 5.94. The maximum Gasteiger partial charge on any atom is 0.225 e. The predicted octanol–water partition coefficient (Wildman–Crippen LogP) is 7.64. The summed E-state index contributed by atoms with van der Waals surface area (Å²) in [5.74, 6) is -1.07. The molecule has 2 aromatic carbocycles. The minimum Gasteiger partial charge on any atom is -0.384 e. The number of likely N-dealkylation sites (tertiary alicyclic amines) is 1. The SMILES string of the molecule is CCC(C)C(=O)N1CCC(c2c(-c3ccccn3)n(-c3cc(F)cc(F)c3)c3cc(F)ccc23)CC1.CCNCc1ccnc(N)c1. The van der Waals surface area contributed by atoms with Crippen molar-refractivity contribution in [3.63, 3.8) is 0 Å². The quantitative estimate of drug-likeness (QED) is 0.182. The number of rotatable bonds is 8. The van der Waals surface area contributed by atoms with E-state index in [4.69, 9.17) is 5.73 Å². The fraction of sp³-hybridized carbons (Fsp3) is 0.324. The van der Waals surface area contributed by atoms with Crippen molar-refractivity contribution in [2.75, 3.05) is 25.4 Å². The first-order chi connectivity index (χ1) is 22.7. The van der Waals surface area contributed by atoms with Crippen molar-refractivity contribution in [3.8, 4) is 17.1 Å². The average Bonchev–Trinajstić information content (AvgIpc) is 3.41. The molecule has 10 heteroatoms. The first kappa shape index (κ1) is 33.7. The lowest BCUT2D eigenvalue weighted by Gasteiger charge is -2.34. The van der Waals surface area contributed by atoms with Gasteiger partial charge in [0.05, 0.1) is 22.6 Å². The number of fused-ring (bicyclic) bond motifs is 1. The number of pyridine rings is 2. The second kappa shape index (κ2) is 15.3. The van der Waals surface area contributed by atoms with Gasteiger partial charge in [-0.15, -0.1) is 0 Å². The van der Waals surface area contributed by atoms with E-state index in [9.17, 15) is 18.0 Å². The number of amides is 1. The van der Waals surface area contributed by atoms with E-state index in [-0.39, 0.29) is 23.4 Å². The molecule has 4 heterocycles. The number of carbonyl (C=O) groups is 1. The zero-order valence-corrected chi connectivity index (χ0v) is 27.0. The molecule has 0 radical (unpaired) electrons. The molecule has 0 spiro atoms. The van der Waals surface area contributed by atoms with Crippen molar-refractivity contribution in [3.05, 3.63) is 108 Å². The summed E-state index contributed by atoms with van der Waals surface area (Å²) >= 11 is 0. The molecule has 7 nitrogen and oxygen atoms in total. The standard InChI is InChI=1S/C29H28F3N3O.C8H13N3/c1-3-18(2)29(36)34-12-9-19(10-13-34)27-24-8-7-20(30)17-26(24)35(23-15-21(31)14-22(32)16-23)28(27)25-6-4-5-11-33-25;1-2-10-6-7-3-4-11-8(9)5-7/h4-8,11,14-19H,3,9-10,12-13H2,1-2H3;3-5,10H,2,6H2,1H3,(H2,9,11). The highest BCUT2D eigenvalue weighted by atomic mass is 19.1. The molecular weight excluding hydrogens is 601 g/mol. The zero-order valence-electron chi connectivity index (χ0n) is 27.0. The summed E-state index contributed by atoms with van der Waals surface area (Å²) in [5.41, 5.74) is 9.74. The predicted molar refractivity (Wildman–Crippen MR) is 180 cm³/mol. The molecule has 0 bridgehead atoms. The summed E-state index contributed by atoms with van der Waals surface area (Å²) < 4.78 is 44.9. The Morgan fingerprint density at radius 1 is 0.936 bits per heavy atom. The van der Waals surface area contributed by atoms with Gasteiger partial charge in [0.1, 0.15) is 23.3 Å². The Balaban J connectivity index is 0.000000335. The lowest BCUT2D eigenvalue weighted by atomic mass is 9.86. The first-order valence-electron chi connectivity index (χ1n) is 16.1. The van der Waals surface area contributed by atoms with Crippen LogP contribution in [0.2, 0.25) is 0 Å². The molecule has 5 aromatic rings. The van der Waals surface area contributed by atoms with Gasteiger partial charge >= 0.3 is 0 Å². The van der Waals surface area contributed by atoms with Gasteiger partial charge in [-0.05, 0) is 97.4 Å². The van der Waals surface area contributed by atoms with Crippen molar-refractivity contribution in [1.29, 1.82) is 0 Å². The Morgan fingerprint density at radius 2 is 1.68 bits per heavy atom. The summed E-state index contributed by atoms with van der Waals surface area (Å²) in [5, 5.41) is 4.02. The van der Waals surface area contributed by atoms with Crippen molar-refractivity contribution >= 4 is 22.6 Å². The molecule has 3 N–H and O–H groups in total. The van der Waals surface area contributed by atoms with Crippen molar-refractivity contribution < 1.29 is 18.0 Å². The molecule has 1 amide bonds. The van der Waals surface area contributed by atoms with Crippen LogP contribution >= 0.6 is 0 Å². The Kier molecular flexibility index (Phi) is 10.9. The third-order valence-corrected chi connectivity index (χ3v) is 8.66. The summed E-state index contributed by atoms with van der Waals surface area (Å²) in [7, 11) is 0. The Hall–Kier alpha value is -4.70. The van der Waals surface area contributed by atoms with E-state index >= 15 is 0 Å². The number of hydrogen-bond acceptors (Lipinski definition) is 5. The van der Waals surface area contributed by atoms with E-state index in [0.717, 1.165) is 49.4 Å². The molecule has 3 aromatic heterocycles. The molecule has 47 heavy (non-hydrogen) atoms. The van der Waals surface area contributed by atoms with Crippen LogP contribution in [-0.2, 0) is 11.3 Å². The number of aromatic nitrogens is 3. The van der Waals surface area contributed by atoms with Crippen LogP contribution in [0.3, 0.4) is 0 Å². The van der Waals surface area contributed by atoms with Gasteiger partial charge in [-0.2, -0.15) is 0 Å². The van der Waals surface area contributed by atoms with E-state index in [1.54, 1.807) is 29.1 Å². The van der Waals surface area contributed by atoms with Gasteiger partial charge in [0.25, 0.3) is 0 Å². The number of nitrogen functional groups attached to an aromatic ring is 1. The van der Waals surface area contributed by atoms with E-state index < -0.39 is 17.5 Å². The molecule has 6 rings (SSSR count). The number of anilines is 1. The van der Waals surface area contributed by atoms with E-state index in [1.165, 1.54) is 29.8 Å². The Labute approximate surface area is 273 Å². The minimum absolute atomic E-state index is 0.0154. The lowest BCUT2D eigenvalue weighted by molar-refractivity contribution is -0.136. The van der Waals surface area contributed by atoms with Crippen LogP contribution in [0.25, 0.3) is 28.0 Å². The van der Waals surface area contributed by atoms with Crippen LogP contribution in [0.4, 0.5) is 19.0 Å². The number of hydrogen-bond donors (Lipinski definition) is 2. The molecule has 1 saturated heterocycles. The number of nitrogens with two attached hydrogens (primary N) is 1. The van der Waals surface area contributed by atoms with Gasteiger partial charge in [-0.3, -0.25) is 9.78 Å². The van der Waals surface area contributed by atoms with Crippen LogP contribution in [0.15, 0.2) is 79.1 Å². The van der Waals surface area contributed by atoms with Gasteiger partial charge in [-0.25, -0.2) is 18.2 Å². The Morgan fingerprint density at radius 3 is 2.32 bits per heavy atom. The number of piperidine rings is 1. The van der Waals surface area contributed by atoms with Crippen LogP contribution < -0.4 is 11.1 Å². The topological polar surface area (TPSA) is 89.1 Å². The van der Waals surface area contributed by atoms with Gasteiger partial charge in [0.15, 0.2) is 0 Å². The maximum atomic E-state index is 14.5. The van der Waals surface area contributed by atoms with Crippen LogP contribution in [0.5, 0.6) is 0 Å². The molecule has 1 unspecified atom stereocenters. The number of benzene rings is 2. The fourth-order valence-corrected chi connectivity index (χ4v) is 6.14. The van der Waals surface area contributed by atoms with Gasteiger partial charge < -0.3 is 20.5 Å². The van der Waals surface area contributed by atoms with Crippen molar-refractivity contribution in [1.82, 2.24) is 24.8 Å². The van der Waals surface area contributed by atoms with E-state index in [1.807, 2.05) is 43.0 Å². The lowest BCUT2D eigenvalue weighted by Crippen LogP contribution is -2.40. The third-order valence-electron chi connectivity index (χ3n) is 8.66. The van der Waals surface area contributed by atoms with Gasteiger partial charge in [0.2, 0.25) is 5.91 Å². The van der Waals surface area contributed by atoms with Crippen LogP contribution in [-0.4, -0.2) is 45.0 Å². The van der Waals surface area contributed by atoms with E-state index in [0.29, 0.717) is 35.8 Å². The molecule has 1 aliphatic heterocycles. The van der Waals surface area contributed by atoms with Crippen LogP contribution in [0, 0.1) is 23.4 Å². The van der Waals surface area contributed by atoms with Gasteiger partial charge in [-0.1, -0.05) is 26.8 Å². The maximum absolute atomic E-state index is 14.5. The first-order valence-corrected chi connectivity index (χ1v) is 16.1. The molecular formula is C37H41F3N6O. The molecule has 246 valence electrons. The average molecular weight is 643 g/mol. The zero-order chi connectivity index (χ0) is 33.5. The monoisotopic (exact) mass is 642 g/mol. The Bertz CT molecular complexity index is 1800. The largest absolute Gasteiger partial charge is 0.384 e. The van der Waals surface area contributed by atoms with Gasteiger partial charge in [0, 0.05) is 49.4 Å². The van der Waals surface area contributed by atoms with E-state index in [2.05, 4.69) is 22.2 Å². The summed E-state index contributed by atoms with van der Waals surface area (Å²) in [4.78, 5) is 23.1. The summed E-state index contributed by atoms with van der Waals surface area (Å²) in [6.07, 6.45) is 5.65. The van der Waals surface area contributed by atoms with Crippen LogP contribution in [0.1, 0.15) is 57.1 Å². The fourth-order valence-electron chi connectivity index (χ4n) is 6.14. The summed E-state index contributed by atoms with van der Waals surface area (Å²) in [6, 6.07) is 17.2. The minimum atomic E-state index is -0.714.